The molecule has 0 aromatic carbocycles. The molecule has 0 N–H and O–H groups in total. The molecular formula is C20H26O7. The van der Waals surface area contributed by atoms with Gasteiger partial charge in [0.05, 0.1) is 11.8 Å². The predicted octanol–water partition coefficient (Wildman–Crippen LogP) is 2.14. The van der Waals surface area contributed by atoms with Crippen LogP contribution in [-0.2, 0) is 33.4 Å². The van der Waals surface area contributed by atoms with Crippen molar-refractivity contribution < 1.29 is 33.4 Å². The molecule has 0 bridgehead atoms. The van der Waals surface area contributed by atoms with Crippen LogP contribution in [0.4, 0.5) is 0 Å². The van der Waals surface area contributed by atoms with Gasteiger partial charge in [0.2, 0.25) is 0 Å². The average Bonchev–Trinajstić information content (AvgIpc) is 2.58. The maximum absolute atomic E-state index is 12.7. The van der Waals surface area contributed by atoms with Crippen molar-refractivity contribution in [2.75, 3.05) is 13.2 Å². The van der Waals surface area contributed by atoms with E-state index in [0.717, 1.165) is 5.57 Å². The Morgan fingerprint density at radius 2 is 1.93 bits per heavy atom. The zero-order chi connectivity index (χ0) is 20.1. The first-order chi connectivity index (χ1) is 12.7. The van der Waals surface area contributed by atoms with Crippen molar-refractivity contribution >= 4 is 23.7 Å². The molecule has 1 fully saturated rings. The number of Topliss-reactive ketones (excluding diaryl/α,β-unsaturated/α-hetero) is 1. The molecule has 1 heterocycles. The molecule has 0 aromatic heterocycles. The van der Waals surface area contributed by atoms with Crippen LogP contribution < -0.4 is 0 Å². The number of carbonyl (C=O) groups excluding carboxylic acids is 4. The zero-order valence-electron chi connectivity index (χ0n) is 16.0. The van der Waals surface area contributed by atoms with Gasteiger partial charge in [0.1, 0.15) is 25.1 Å². The van der Waals surface area contributed by atoms with Crippen LogP contribution in [0.1, 0.15) is 40.0 Å². The standard InChI is InChI=1S/C20H26O7/c1-11-5-6-17(23)15(10-25-13(3)21)8-18(27-14(4)22)19-12(2)9-26-20(24)16(19)7-11/h7,15-16,18-19H,2,5-6,8-10H2,1,3-4H3/t15?,16-,18-,19-/m0/s1. The number of hydrogen-bond donors (Lipinski definition) is 0. The van der Waals surface area contributed by atoms with Gasteiger partial charge in [-0.15, -0.1) is 0 Å². The van der Waals surface area contributed by atoms with Crippen LogP contribution in [0, 0.1) is 17.8 Å². The van der Waals surface area contributed by atoms with Gasteiger partial charge in [-0.3, -0.25) is 19.2 Å². The number of carbonyl (C=O) groups is 4. The van der Waals surface area contributed by atoms with E-state index in [1.54, 1.807) is 6.08 Å². The number of cyclic esters (lactones) is 1. The van der Waals surface area contributed by atoms with E-state index in [1.807, 2.05) is 6.92 Å². The zero-order valence-corrected chi connectivity index (χ0v) is 16.0. The lowest BCUT2D eigenvalue weighted by Gasteiger charge is -2.37. The Labute approximate surface area is 158 Å². The Morgan fingerprint density at radius 3 is 2.56 bits per heavy atom. The van der Waals surface area contributed by atoms with Gasteiger partial charge in [-0.1, -0.05) is 18.2 Å². The van der Waals surface area contributed by atoms with Crippen molar-refractivity contribution in [3.63, 3.8) is 0 Å². The summed E-state index contributed by atoms with van der Waals surface area (Å²) in [5.41, 5.74) is 1.51. The fourth-order valence-corrected chi connectivity index (χ4v) is 3.61. The summed E-state index contributed by atoms with van der Waals surface area (Å²) in [4.78, 5) is 47.9. The van der Waals surface area contributed by atoms with E-state index in [-0.39, 0.29) is 31.8 Å². The molecule has 4 atom stereocenters. The third-order valence-corrected chi connectivity index (χ3v) is 4.94. The Hall–Kier alpha value is -2.44. The van der Waals surface area contributed by atoms with Gasteiger partial charge in [-0.05, 0) is 25.3 Å². The highest BCUT2D eigenvalue weighted by atomic mass is 16.6. The van der Waals surface area contributed by atoms with E-state index in [4.69, 9.17) is 14.2 Å². The van der Waals surface area contributed by atoms with Crippen molar-refractivity contribution in [1.29, 1.82) is 0 Å². The summed E-state index contributed by atoms with van der Waals surface area (Å²) in [6, 6.07) is 0. The molecule has 0 radical (unpaired) electrons. The molecule has 1 unspecified atom stereocenters. The first-order valence-electron chi connectivity index (χ1n) is 9.04. The van der Waals surface area contributed by atoms with Crippen molar-refractivity contribution in [1.82, 2.24) is 0 Å². The number of rotatable bonds is 3. The van der Waals surface area contributed by atoms with Crippen LogP contribution in [-0.4, -0.2) is 43.0 Å². The molecule has 2 aliphatic rings. The number of fused-ring (bicyclic) bond motifs is 1. The van der Waals surface area contributed by atoms with E-state index >= 15 is 0 Å². The summed E-state index contributed by atoms with van der Waals surface area (Å²) in [5.74, 6) is -3.19. The second kappa shape index (κ2) is 8.97. The molecule has 1 aliphatic carbocycles. The van der Waals surface area contributed by atoms with E-state index in [2.05, 4.69) is 6.58 Å². The maximum Gasteiger partial charge on any atom is 0.313 e. The normalized spacial score (nSPS) is 29.1. The van der Waals surface area contributed by atoms with Crippen molar-refractivity contribution in [3.8, 4) is 0 Å². The number of esters is 3. The van der Waals surface area contributed by atoms with Crippen molar-refractivity contribution in [2.24, 2.45) is 17.8 Å². The average molecular weight is 378 g/mol. The second-order valence-corrected chi connectivity index (χ2v) is 7.18. The quantitative estimate of drug-likeness (QED) is 0.422. The van der Waals surface area contributed by atoms with Gasteiger partial charge in [-0.25, -0.2) is 0 Å². The highest BCUT2D eigenvalue weighted by Crippen LogP contribution is 2.37. The van der Waals surface area contributed by atoms with Gasteiger partial charge in [-0.2, -0.15) is 0 Å². The lowest BCUT2D eigenvalue weighted by Crippen LogP contribution is -2.44. The molecule has 0 amide bonds. The summed E-state index contributed by atoms with van der Waals surface area (Å²) < 4.78 is 15.8. The predicted molar refractivity (Wildman–Crippen MR) is 95.4 cm³/mol. The van der Waals surface area contributed by atoms with Gasteiger partial charge >= 0.3 is 17.9 Å². The molecule has 7 nitrogen and oxygen atoms in total. The van der Waals surface area contributed by atoms with Crippen molar-refractivity contribution in [2.45, 2.75) is 46.1 Å². The van der Waals surface area contributed by atoms with Crippen LogP contribution in [0.2, 0.25) is 0 Å². The minimum atomic E-state index is -0.737. The Morgan fingerprint density at radius 1 is 1.22 bits per heavy atom. The van der Waals surface area contributed by atoms with Gasteiger partial charge in [0.15, 0.2) is 0 Å². The summed E-state index contributed by atoms with van der Waals surface area (Å²) in [5, 5.41) is 0. The number of hydrogen-bond acceptors (Lipinski definition) is 7. The first-order valence-corrected chi connectivity index (χ1v) is 9.04. The molecule has 0 aromatic rings. The van der Waals surface area contributed by atoms with Gasteiger partial charge in [0.25, 0.3) is 0 Å². The van der Waals surface area contributed by atoms with Crippen molar-refractivity contribution in [3.05, 3.63) is 23.8 Å². The van der Waals surface area contributed by atoms with E-state index in [9.17, 15) is 19.2 Å². The summed E-state index contributed by atoms with van der Waals surface area (Å²) in [6.45, 7) is 8.36. The number of ether oxygens (including phenoxy) is 3. The maximum atomic E-state index is 12.7. The summed E-state index contributed by atoms with van der Waals surface area (Å²) in [6.07, 6.45) is 1.96. The van der Waals surface area contributed by atoms with E-state index in [1.165, 1.54) is 13.8 Å². The third kappa shape index (κ3) is 5.52. The molecule has 7 heteroatoms. The minimum Gasteiger partial charge on any atom is -0.465 e. The number of ketones is 1. The van der Waals surface area contributed by atoms with Crippen LogP contribution >= 0.6 is 0 Å². The first kappa shape index (κ1) is 20.9. The molecule has 0 saturated carbocycles. The molecule has 27 heavy (non-hydrogen) atoms. The fourth-order valence-electron chi connectivity index (χ4n) is 3.61. The lowest BCUT2D eigenvalue weighted by molar-refractivity contribution is -0.162. The molecule has 0 spiro atoms. The van der Waals surface area contributed by atoms with E-state index in [0.29, 0.717) is 12.0 Å². The Bertz CT molecular complexity index is 676. The summed E-state index contributed by atoms with van der Waals surface area (Å²) in [7, 11) is 0. The smallest absolute Gasteiger partial charge is 0.313 e. The van der Waals surface area contributed by atoms with Gasteiger partial charge < -0.3 is 14.2 Å². The lowest BCUT2D eigenvalue weighted by atomic mass is 9.75. The highest BCUT2D eigenvalue weighted by Gasteiger charge is 2.43. The molecule has 1 aliphatic heterocycles. The second-order valence-electron chi connectivity index (χ2n) is 7.18. The Kier molecular flexibility index (Phi) is 6.93. The largest absolute Gasteiger partial charge is 0.465 e. The Balaban J connectivity index is 2.42. The van der Waals surface area contributed by atoms with Crippen LogP contribution in [0.5, 0.6) is 0 Å². The molecular weight excluding hydrogens is 352 g/mol. The summed E-state index contributed by atoms with van der Waals surface area (Å²) >= 11 is 0. The topological polar surface area (TPSA) is 96.0 Å². The van der Waals surface area contributed by atoms with E-state index < -0.39 is 41.8 Å². The molecule has 2 rings (SSSR count). The number of allylic oxidation sites excluding steroid dienone is 1. The SMILES string of the molecule is C=C1COC(=O)[C@H]2C=C(C)CCC(=O)C(COC(C)=O)C[C@H](OC(C)=O)[C@@H]12. The fraction of sp³-hybridized carbons (Fsp3) is 0.600. The highest BCUT2D eigenvalue weighted by molar-refractivity contribution is 5.82. The monoisotopic (exact) mass is 378 g/mol. The molecule has 148 valence electrons. The third-order valence-electron chi connectivity index (χ3n) is 4.94. The van der Waals surface area contributed by atoms with Crippen LogP contribution in [0.25, 0.3) is 0 Å². The van der Waals surface area contributed by atoms with Crippen LogP contribution in [0.15, 0.2) is 23.8 Å². The van der Waals surface area contributed by atoms with Crippen LogP contribution in [0.3, 0.4) is 0 Å². The minimum absolute atomic E-state index is 0.0488. The molecule has 1 saturated heterocycles. The van der Waals surface area contributed by atoms with Gasteiger partial charge in [0, 0.05) is 26.2 Å².